The topological polar surface area (TPSA) is 74.1 Å². The second kappa shape index (κ2) is 5.58. The van der Waals surface area contributed by atoms with Gasteiger partial charge in [0.1, 0.15) is 0 Å². The van der Waals surface area contributed by atoms with Gasteiger partial charge in [0.05, 0.1) is 6.07 Å². The standard InChI is InChI=1S/C10H13N3O2S/c1-2-13(16(14,15)8-5-11)9-10-3-6-12-7-4-10/h3-4,6-7H,2,8-9H2,1H3. The van der Waals surface area contributed by atoms with Gasteiger partial charge in [-0.3, -0.25) is 4.98 Å². The van der Waals surface area contributed by atoms with Crippen molar-refractivity contribution < 1.29 is 8.42 Å². The fourth-order valence-electron chi connectivity index (χ4n) is 1.27. The van der Waals surface area contributed by atoms with Gasteiger partial charge in [-0.1, -0.05) is 6.92 Å². The Bertz CT molecular complexity index is 465. The molecule has 0 saturated carbocycles. The van der Waals surface area contributed by atoms with Crippen molar-refractivity contribution in [3.05, 3.63) is 30.1 Å². The van der Waals surface area contributed by atoms with Crippen molar-refractivity contribution in [2.75, 3.05) is 12.3 Å². The number of pyridine rings is 1. The van der Waals surface area contributed by atoms with Crippen LogP contribution in [-0.2, 0) is 16.6 Å². The highest BCUT2D eigenvalue weighted by atomic mass is 32.2. The second-order valence-electron chi connectivity index (χ2n) is 3.20. The van der Waals surface area contributed by atoms with E-state index in [0.717, 1.165) is 5.56 Å². The number of rotatable bonds is 5. The first kappa shape index (κ1) is 12.6. The second-order valence-corrected chi connectivity index (χ2v) is 5.16. The number of nitrogens with zero attached hydrogens (tertiary/aromatic N) is 3. The maximum atomic E-state index is 11.7. The minimum absolute atomic E-state index is 0.281. The van der Waals surface area contributed by atoms with Crippen LogP contribution in [0.1, 0.15) is 12.5 Å². The van der Waals surface area contributed by atoms with Crippen molar-refractivity contribution >= 4 is 10.0 Å². The summed E-state index contributed by atoms with van der Waals surface area (Å²) in [6.45, 7) is 2.38. The van der Waals surface area contributed by atoms with Crippen LogP contribution in [0, 0.1) is 11.3 Å². The highest BCUT2D eigenvalue weighted by molar-refractivity contribution is 7.89. The smallest absolute Gasteiger partial charge is 0.227 e. The summed E-state index contributed by atoms with van der Waals surface area (Å²) >= 11 is 0. The SMILES string of the molecule is CCN(Cc1ccncc1)S(=O)(=O)CC#N. The Morgan fingerprint density at radius 3 is 2.56 bits per heavy atom. The maximum Gasteiger partial charge on any atom is 0.227 e. The van der Waals surface area contributed by atoms with Crippen LogP contribution in [0.3, 0.4) is 0 Å². The van der Waals surface area contributed by atoms with Gasteiger partial charge in [-0.25, -0.2) is 8.42 Å². The number of aromatic nitrogens is 1. The van der Waals surface area contributed by atoms with E-state index in [2.05, 4.69) is 4.98 Å². The van der Waals surface area contributed by atoms with Crippen LogP contribution in [0.5, 0.6) is 0 Å². The molecule has 6 heteroatoms. The molecule has 0 bridgehead atoms. The lowest BCUT2D eigenvalue weighted by Crippen LogP contribution is -2.32. The van der Waals surface area contributed by atoms with Crippen LogP contribution in [-0.4, -0.2) is 30.0 Å². The van der Waals surface area contributed by atoms with Crippen molar-refractivity contribution in [2.45, 2.75) is 13.5 Å². The summed E-state index contributed by atoms with van der Waals surface area (Å²) in [5, 5.41) is 8.45. The Hall–Kier alpha value is -1.45. The fraction of sp³-hybridized carbons (Fsp3) is 0.400. The zero-order valence-electron chi connectivity index (χ0n) is 9.00. The third kappa shape index (κ3) is 3.29. The van der Waals surface area contributed by atoms with Crippen molar-refractivity contribution in [1.29, 1.82) is 5.26 Å². The van der Waals surface area contributed by atoms with E-state index >= 15 is 0 Å². The highest BCUT2D eigenvalue weighted by Gasteiger charge is 2.19. The zero-order valence-corrected chi connectivity index (χ0v) is 9.81. The van der Waals surface area contributed by atoms with Crippen LogP contribution >= 0.6 is 0 Å². The van der Waals surface area contributed by atoms with Crippen molar-refractivity contribution in [1.82, 2.24) is 9.29 Å². The minimum atomic E-state index is -3.47. The average molecular weight is 239 g/mol. The molecule has 1 aromatic heterocycles. The van der Waals surface area contributed by atoms with Gasteiger partial charge in [0.25, 0.3) is 0 Å². The molecular weight excluding hydrogens is 226 g/mol. The summed E-state index contributed by atoms with van der Waals surface area (Å²) < 4.78 is 24.6. The Morgan fingerprint density at radius 1 is 1.44 bits per heavy atom. The summed E-state index contributed by atoms with van der Waals surface area (Å²) in [4.78, 5) is 3.86. The monoisotopic (exact) mass is 239 g/mol. The molecule has 0 aliphatic heterocycles. The van der Waals surface area contributed by atoms with Gasteiger partial charge in [0, 0.05) is 25.5 Å². The summed E-state index contributed by atoms with van der Waals surface area (Å²) in [6, 6.07) is 5.18. The van der Waals surface area contributed by atoms with E-state index in [0.29, 0.717) is 6.54 Å². The first-order chi connectivity index (χ1) is 7.60. The lowest BCUT2D eigenvalue weighted by molar-refractivity contribution is 0.425. The molecule has 0 unspecified atom stereocenters. The maximum absolute atomic E-state index is 11.7. The summed E-state index contributed by atoms with van der Waals surface area (Å²) in [7, 11) is -3.47. The van der Waals surface area contributed by atoms with E-state index < -0.39 is 15.8 Å². The Kier molecular flexibility index (Phi) is 4.40. The molecule has 16 heavy (non-hydrogen) atoms. The highest BCUT2D eigenvalue weighted by Crippen LogP contribution is 2.08. The van der Waals surface area contributed by atoms with Gasteiger partial charge in [0.2, 0.25) is 10.0 Å². The molecule has 0 spiro atoms. The predicted octanol–water partition coefficient (Wildman–Crippen LogP) is 0.757. The molecule has 0 saturated heterocycles. The third-order valence-electron chi connectivity index (χ3n) is 2.10. The minimum Gasteiger partial charge on any atom is -0.265 e. The van der Waals surface area contributed by atoms with Gasteiger partial charge in [-0.05, 0) is 17.7 Å². The molecule has 0 aliphatic carbocycles. The number of hydrogen-bond donors (Lipinski definition) is 0. The van der Waals surface area contributed by atoms with E-state index in [4.69, 9.17) is 5.26 Å². The first-order valence-corrected chi connectivity index (χ1v) is 6.44. The van der Waals surface area contributed by atoms with E-state index in [1.807, 2.05) is 0 Å². The normalized spacial score (nSPS) is 11.3. The predicted molar refractivity (Wildman–Crippen MR) is 59.7 cm³/mol. The zero-order chi connectivity index (χ0) is 12.0. The Balaban J connectivity index is 2.82. The third-order valence-corrected chi connectivity index (χ3v) is 3.77. The molecule has 1 rings (SSSR count). The molecule has 1 aromatic rings. The van der Waals surface area contributed by atoms with Crippen molar-refractivity contribution in [3.8, 4) is 6.07 Å². The Labute approximate surface area is 95.4 Å². The fourth-order valence-corrected chi connectivity index (χ4v) is 2.36. The van der Waals surface area contributed by atoms with Gasteiger partial charge in [0.15, 0.2) is 5.75 Å². The summed E-state index contributed by atoms with van der Waals surface area (Å²) in [5.41, 5.74) is 0.860. The van der Waals surface area contributed by atoms with Crippen LogP contribution in [0.15, 0.2) is 24.5 Å². The molecule has 0 N–H and O–H groups in total. The van der Waals surface area contributed by atoms with Crippen molar-refractivity contribution in [2.24, 2.45) is 0 Å². The number of nitriles is 1. The van der Waals surface area contributed by atoms with Gasteiger partial charge in [-0.2, -0.15) is 9.57 Å². The molecule has 0 aromatic carbocycles. The van der Waals surface area contributed by atoms with Crippen LogP contribution in [0.2, 0.25) is 0 Å². The lowest BCUT2D eigenvalue weighted by Gasteiger charge is -2.18. The largest absolute Gasteiger partial charge is 0.265 e. The van der Waals surface area contributed by atoms with E-state index in [9.17, 15) is 8.42 Å². The molecule has 0 amide bonds. The molecule has 0 radical (unpaired) electrons. The van der Waals surface area contributed by atoms with E-state index in [1.54, 1.807) is 37.5 Å². The molecular formula is C10H13N3O2S. The number of sulfonamides is 1. The van der Waals surface area contributed by atoms with Gasteiger partial charge >= 0.3 is 0 Å². The van der Waals surface area contributed by atoms with Crippen LogP contribution in [0.4, 0.5) is 0 Å². The average Bonchev–Trinajstić information content (AvgIpc) is 2.27. The summed E-state index contributed by atoms with van der Waals surface area (Å²) in [5.74, 6) is -0.480. The molecule has 5 nitrogen and oxygen atoms in total. The number of hydrogen-bond acceptors (Lipinski definition) is 4. The van der Waals surface area contributed by atoms with Crippen LogP contribution < -0.4 is 0 Å². The Morgan fingerprint density at radius 2 is 2.06 bits per heavy atom. The van der Waals surface area contributed by atoms with Gasteiger partial charge in [-0.15, -0.1) is 0 Å². The van der Waals surface area contributed by atoms with Crippen LogP contribution in [0.25, 0.3) is 0 Å². The molecule has 1 heterocycles. The lowest BCUT2D eigenvalue weighted by atomic mass is 10.3. The summed E-state index contributed by atoms with van der Waals surface area (Å²) in [6.07, 6.45) is 3.22. The molecule has 0 atom stereocenters. The molecule has 0 aliphatic rings. The molecule has 0 fully saturated rings. The molecule has 86 valence electrons. The van der Waals surface area contributed by atoms with Crippen molar-refractivity contribution in [3.63, 3.8) is 0 Å². The van der Waals surface area contributed by atoms with E-state index in [1.165, 1.54) is 4.31 Å². The van der Waals surface area contributed by atoms with E-state index in [-0.39, 0.29) is 6.54 Å². The van der Waals surface area contributed by atoms with Gasteiger partial charge < -0.3 is 0 Å². The first-order valence-electron chi connectivity index (χ1n) is 4.84. The quantitative estimate of drug-likeness (QED) is 0.760.